The molecule has 1 aromatic heterocycles. The molecule has 3 N–H and O–H groups in total. The van der Waals surface area contributed by atoms with Crippen molar-refractivity contribution in [3.05, 3.63) is 53.1 Å². The highest BCUT2D eigenvalue weighted by atomic mass is 35.5. The van der Waals surface area contributed by atoms with Crippen LogP contribution in [-0.2, 0) is 6.42 Å². The lowest BCUT2D eigenvalue weighted by atomic mass is 10.00. The third kappa shape index (κ3) is 3.42. The molecule has 0 unspecified atom stereocenters. The molecule has 2 aromatic carbocycles. The van der Waals surface area contributed by atoms with Gasteiger partial charge in [-0.2, -0.15) is 0 Å². The summed E-state index contributed by atoms with van der Waals surface area (Å²) >= 11 is 6.23. The van der Waals surface area contributed by atoms with Crippen LogP contribution in [0.3, 0.4) is 0 Å². The number of anilines is 1. The average molecular weight is 342 g/mol. The molecule has 0 saturated carbocycles. The van der Waals surface area contributed by atoms with Crippen LogP contribution >= 0.6 is 11.6 Å². The van der Waals surface area contributed by atoms with Gasteiger partial charge in [-0.3, -0.25) is 0 Å². The minimum atomic E-state index is 0.731. The summed E-state index contributed by atoms with van der Waals surface area (Å²) in [7, 11) is 4.12. The first-order valence-electron chi connectivity index (χ1n) is 8.38. The summed E-state index contributed by atoms with van der Waals surface area (Å²) in [6, 6.07) is 14.7. The first-order chi connectivity index (χ1) is 11.6. The van der Waals surface area contributed by atoms with Gasteiger partial charge in [0.15, 0.2) is 0 Å². The molecule has 24 heavy (non-hydrogen) atoms. The van der Waals surface area contributed by atoms with Crippen LogP contribution < -0.4 is 10.6 Å². The molecule has 0 aliphatic rings. The van der Waals surface area contributed by atoms with Crippen molar-refractivity contribution >= 4 is 28.2 Å². The number of aromatic nitrogens is 1. The number of halogens is 1. The van der Waals surface area contributed by atoms with Gasteiger partial charge in [-0.1, -0.05) is 23.7 Å². The van der Waals surface area contributed by atoms with Gasteiger partial charge < -0.3 is 15.6 Å². The summed E-state index contributed by atoms with van der Waals surface area (Å²) in [6.07, 6.45) is 3.11. The van der Waals surface area contributed by atoms with Gasteiger partial charge in [0.05, 0.1) is 0 Å². The number of hydrogen-bond acceptors (Lipinski definition) is 2. The van der Waals surface area contributed by atoms with Crippen molar-refractivity contribution in [2.24, 2.45) is 5.73 Å². The predicted octanol–water partition coefficient (Wildman–Crippen LogP) is 4.84. The molecule has 1 heterocycles. The van der Waals surface area contributed by atoms with Crippen molar-refractivity contribution in [1.29, 1.82) is 0 Å². The maximum absolute atomic E-state index is 6.23. The normalized spacial score (nSPS) is 11.2. The number of nitrogens with two attached hydrogens (primary N) is 1. The second kappa shape index (κ2) is 7.29. The fraction of sp³-hybridized carbons (Fsp3) is 0.300. The van der Waals surface area contributed by atoms with Crippen LogP contribution in [0.4, 0.5) is 5.69 Å². The van der Waals surface area contributed by atoms with E-state index in [2.05, 4.69) is 60.4 Å². The minimum absolute atomic E-state index is 0.731. The molecular weight excluding hydrogens is 318 g/mol. The molecule has 3 rings (SSSR count). The molecular formula is C20H24ClN3. The molecule has 0 fully saturated rings. The van der Waals surface area contributed by atoms with Gasteiger partial charge >= 0.3 is 0 Å². The SMILES string of the molecule is CN(C)c1cccc(-c2[nH]c3ccc(Cl)cc3c2CCCCN)c1. The number of hydrogen-bond donors (Lipinski definition) is 2. The highest BCUT2D eigenvalue weighted by molar-refractivity contribution is 6.31. The third-order valence-corrected chi connectivity index (χ3v) is 4.64. The standard InChI is InChI=1S/C20H24ClN3/c1-24(2)16-7-5-6-14(12-16)20-17(8-3-4-11-22)18-13-15(21)9-10-19(18)23-20/h5-7,9-10,12-13,23H,3-4,8,11,22H2,1-2H3. The van der Waals surface area contributed by atoms with E-state index in [1.165, 1.54) is 27.9 Å². The zero-order valence-electron chi connectivity index (χ0n) is 14.3. The van der Waals surface area contributed by atoms with Crippen molar-refractivity contribution < 1.29 is 0 Å². The number of aromatic amines is 1. The van der Waals surface area contributed by atoms with Crippen molar-refractivity contribution in [3.63, 3.8) is 0 Å². The maximum Gasteiger partial charge on any atom is 0.0498 e. The molecule has 0 aliphatic heterocycles. The van der Waals surface area contributed by atoms with E-state index in [-0.39, 0.29) is 0 Å². The highest BCUT2D eigenvalue weighted by Gasteiger charge is 2.14. The van der Waals surface area contributed by atoms with Gasteiger partial charge in [0.25, 0.3) is 0 Å². The molecule has 0 radical (unpaired) electrons. The van der Waals surface area contributed by atoms with E-state index in [0.29, 0.717) is 0 Å². The number of unbranched alkanes of at least 4 members (excludes halogenated alkanes) is 1. The lowest BCUT2D eigenvalue weighted by molar-refractivity contribution is 0.748. The monoisotopic (exact) mass is 341 g/mol. The highest BCUT2D eigenvalue weighted by Crippen LogP contribution is 2.34. The van der Waals surface area contributed by atoms with E-state index in [1.807, 2.05) is 6.07 Å². The summed E-state index contributed by atoms with van der Waals surface area (Å²) in [4.78, 5) is 5.71. The number of H-pyrrole nitrogens is 1. The van der Waals surface area contributed by atoms with Gasteiger partial charge in [0, 0.05) is 47.0 Å². The number of benzene rings is 2. The van der Waals surface area contributed by atoms with E-state index in [0.717, 1.165) is 36.3 Å². The number of aryl methyl sites for hydroxylation is 1. The van der Waals surface area contributed by atoms with E-state index in [9.17, 15) is 0 Å². The van der Waals surface area contributed by atoms with Crippen LogP contribution in [0, 0.1) is 0 Å². The van der Waals surface area contributed by atoms with E-state index >= 15 is 0 Å². The van der Waals surface area contributed by atoms with E-state index in [1.54, 1.807) is 0 Å². The Morgan fingerprint density at radius 3 is 2.67 bits per heavy atom. The quantitative estimate of drug-likeness (QED) is 0.630. The van der Waals surface area contributed by atoms with Crippen molar-refractivity contribution in [1.82, 2.24) is 4.98 Å². The second-order valence-electron chi connectivity index (χ2n) is 6.36. The molecule has 0 spiro atoms. The Balaban J connectivity index is 2.12. The van der Waals surface area contributed by atoms with Crippen molar-refractivity contribution in [2.45, 2.75) is 19.3 Å². The Morgan fingerprint density at radius 1 is 1.08 bits per heavy atom. The summed E-state index contributed by atoms with van der Waals surface area (Å²) in [5.41, 5.74) is 11.7. The zero-order chi connectivity index (χ0) is 17.1. The largest absolute Gasteiger partial charge is 0.378 e. The predicted molar refractivity (Wildman–Crippen MR) is 105 cm³/mol. The molecule has 4 heteroatoms. The lowest BCUT2D eigenvalue weighted by Gasteiger charge is -2.14. The van der Waals surface area contributed by atoms with Crippen LogP contribution in [0.15, 0.2) is 42.5 Å². The van der Waals surface area contributed by atoms with E-state index in [4.69, 9.17) is 17.3 Å². The van der Waals surface area contributed by atoms with Crippen LogP contribution in [0.25, 0.3) is 22.2 Å². The van der Waals surface area contributed by atoms with Gasteiger partial charge in [-0.25, -0.2) is 0 Å². The maximum atomic E-state index is 6.23. The molecule has 0 aliphatic carbocycles. The number of nitrogens with one attached hydrogen (secondary N) is 1. The summed E-state index contributed by atoms with van der Waals surface area (Å²) in [5, 5.41) is 1.99. The lowest BCUT2D eigenvalue weighted by Crippen LogP contribution is -2.08. The van der Waals surface area contributed by atoms with Gasteiger partial charge in [-0.05, 0) is 61.7 Å². The minimum Gasteiger partial charge on any atom is -0.378 e. The Labute approximate surface area is 148 Å². The summed E-state index contributed by atoms with van der Waals surface area (Å²) in [5.74, 6) is 0. The molecule has 3 aromatic rings. The molecule has 0 atom stereocenters. The summed E-state index contributed by atoms with van der Waals surface area (Å²) < 4.78 is 0. The number of rotatable bonds is 6. The molecule has 3 nitrogen and oxygen atoms in total. The van der Waals surface area contributed by atoms with Crippen LogP contribution in [0.1, 0.15) is 18.4 Å². The van der Waals surface area contributed by atoms with Gasteiger partial charge in [0.2, 0.25) is 0 Å². The topological polar surface area (TPSA) is 45.0 Å². The Bertz CT molecular complexity index is 836. The molecule has 0 amide bonds. The number of nitrogens with zero attached hydrogens (tertiary/aromatic N) is 1. The fourth-order valence-corrected chi connectivity index (χ4v) is 3.28. The Hall–Kier alpha value is -1.97. The van der Waals surface area contributed by atoms with Gasteiger partial charge in [-0.15, -0.1) is 0 Å². The molecule has 0 saturated heterocycles. The smallest absolute Gasteiger partial charge is 0.0498 e. The Morgan fingerprint density at radius 2 is 1.92 bits per heavy atom. The molecule has 126 valence electrons. The third-order valence-electron chi connectivity index (χ3n) is 4.40. The summed E-state index contributed by atoms with van der Waals surface area (Å²) in [6.45, 7) is 0.731. The van der Waals surface area contributed by atoms with E-state index < -0.39 is 0 Å². The fourth-order valence-electron chi connectivity index (χ4n) is 3.11. The first kappa shape index (κ1) is 16.9. The zero-order valence-corrected chi connectivity index (χ0v) is 15.0. The second-order valence-corrected chi connectivity index (χ2v) is 6.80. The van der Waals surface area contributed by atoms with Crippen LogP contribution in [-0.4, -0.2) is 25.6 Å². The van der Waals surface area contributed by atoms with Crippen LogP contribution in [0.5, 0.6) is 0 Å². The van der Waals surface area contributed by atoms with Gasteiger partial charge in [0.1, 0.15) is 0 Å². The van der Waals surface area contributed by atoms with Crippen molar-refractivity contribution in [3.8, 4) is 11.3 Å². The number of fused-ring (bicyclic) bond motifs is 1. The Kier molecular flexibility index (Phi) is 5.12. The first-order valence-corrected chi connectivity index (χ1v) is 8.76. The molecule has 0 bridgehead atoms. The van der Waals surface area contributed by atoms with Crippen molar-refractivity contribution in [2.75, 3.05) is 25.5 Å². The average Bonchev–Trinajstić information content (AvgIpc) is 2.93. The van der Waals surface area contributed by atoms with Crippen LogP contribution in [0.2, 0.25) is 5.02 Å².